The van der Waals surface area contributed by atoms with Gasteiger partial charge in [-0.25, -0.2) is 0 Å². The van der Waals surface area contributed by atoms with E-state index in [0.717, 1.165) is 37.4 Å². The van der Waals surface area contributed by atoms with Gasteiger partial charge in [0.1, 0.15) is 0 Å². The van der Waals surface area contributed by atoms with Crippen molar-refractivity contribution in [2.24, 2.45) is 0 Å². The zero-order chi connectivity index (χ0) is 13.4. The minimum atomic E-state index is 0.258. The largest absolute Gasteiger partial charge is 0.493 e. The van der Waals surface area contributed by atoms with Crippen LogP contribution in [0.1, 0.15) is 39.2 Å². The first kappa shape index (κ1) is 14.8. The Morgan fingerprint density at radius 1 is 1.11 bits per heavy atom. The lowest BCUT2D eigenvalue weighted by molar-refractivity contribution is 0.185. The molecule has 0 aliphatic rings. The molecule has 0 bridgehead atoms. The van der Waals surface area contributed by atoms with Crippen molar-refractivity contribution in [3.63, 3.8) is 0 Å². The molecular weight excluding hydrogens is 226 g/mol. The summed E-state index contributed by atoms with van der Waals surface area (Å²) >= 11 is 0. The second kappa shape index (κ2) is 7.98. The van der Waals surface area contributed by atoms with Crippen molar-refractivity contribution in [1.29, 1.82) is 0 Å². The van der Waals surface area contributed by atoms with Gasteiger partial charge in [0.15, 0.2) is 11.5 Å². The third kappa shape index (κ3) is 4.22. The van der Waals surface area contributed by atoms with Crippen molar-refractivity contribution in [1.82, 2.24) is 5.32 Å². The molecule has 1 N–H and O–H groups in total. The summed E-state index contributed by atoms with van der Waals surface area (Å²) in [5.74, 6) is 1.66. The molecule has 3 heteroatoms. The minimum Gasteiger partial charge on any atom is -0.493 e. The normalized spacial score (nSPS) is 10.7. The van der Waals surface area contributed by atoms with Crippen LogP contribution in [0, 0.1) is 0 Å². The Bertz CT molecular complexity index is 348. The lowest BCUT2D eigenvalue weighted by Crippen LogP contribution is -2.15. The average Bonchev–Trinajstić information content (AvgIpc) is 2.42. The van der Waals surface area contributed by atoms with E-state index >= 15 is 0 Å². The maximum absolute atomic E-state index is 6.00. The minimum absolute atomic E-state index is 0.258. The standard InChI is InChI=1S/C15H25NO2/c1-5-13(6-2)18-15-10-12(11-16-7-3)8-9-14(15)17-4/h8-10,13,16H,5-7,11H2,1-4H3. The maximum Gasteiger partial charge on any atom is 0.161 e. The van der Waals surface area contributed by atoms with Gasteiger partial charge in [-0.15, -0.1) is 0 Å². The fourth-order valence-corrected chi connectivity index (χ4v) is 1.83. The highest BCUT2D eigenvalue weighted by atomic mass is 16.5. The number of benzene rings is 1. The van der Waals surface area contributed by atoms with Gasteiger partial charge >= 0.3 is 0 Å². The molecule has 0 amide bonds. The first-order valence-corrected chi connectivity index (χ1v) is 6.79. The van der Waals surface area contributed by atoms with Gasteiger partial charge in [-0.1, -0.05) is 26.8 Å². The molecule has 0 heterocycles. The van der Waals surface area contributed by atoms with Crippen molar-refractivity contribution in [2.75, 3.05) is 13.7 Å². The van der Waals surface area contributed by atoms with Crippen molar-refractivity contribution in [2.45, 2.75) is 46.3 Å². The molecule has 0 saturated heterocycles. The summed E-state index contributed by atoms with van der Waals surface area (Å²) in [6, 6.07) is 6.12. The van der Waals surface area contributed by atoms with Crippen LogP contribution in [0.25, 0.3) is 0 Å². The first-order valence-electron chi connectivity index (χ1n) is 6.79. The smallest absolute Gasteiger partial charge is 0.161 e. The fraction of sp³-hybridized carbons (Fsp3) is 0.600. The molecule has 102 valence electrons. The van der Waals surface area contributed by atoms with E-state index in [0.29, 0.717) is 0 Å². The van der Waals surface area contributed by atoms with E-state index < -0.39 is 0 Å². The van der Waals surface area contributed by atoms with Crippen molar-refractivity contribution in [3.05, 3.63) is 23.8 Å². The molecule has 0 aromatic heterocycles. The molecular formula is C15H25NO2. The Labute approximate surface area is 110 Å². The number of nitrogens with one attached hydrogen (secondary N) is 1. The summed E-state index contributed by atoms with van der Waals surface area (Å²) in [4.78, 5) is 0. The van der Waals surface area contributed by atoms with Crippen LogP contribution in [-0.4, -0.2) is 19.8 Å². The van der Waals surface area contributed by atoms with Crippen LogP contribution >= 0.6 is 0 Å². The first-order chi connectivity index (χ1) is 8.74. The summed E-state index contributed by atoms with van der Waals surface area (Å²) in [5.41, 5.74) is 1.22. The predicted molar refractivity (Wildman–Crippen MR) is 75.4 cm³/mol. The average molecular weight is 251 g/mol. The SMILES string of the molecule is CCNCc1ccc(OC)c(OC(CC)CC)c1. The molecule has 1 rings (SSSR count). The lowest BCUT2D eigenvalue weighted by atomic mass is 10.2. The van der Waals surface area contributed by atoms with Crippen molar-refractivity contribution >= 4 is 0 Å². The van der Waals surface area contributed by atoms with E-state index in [1.54, 1.807) is 7.11 Å². The Hall–Kier alpha value is -1.22. The lowest BCUT2D eigenvalue weighted by Gasteiger charge is -2.18. The number of ether oxygens (including phenoxy) is 2. The zero-order valence-corrected chi connectivity index (χ0v) is 12.0. The Kier molecular flexibility index (Phi) is 6.58. The Morgan fingerprint density at radius 2 is 1.83 bits per heavy atom. The Morgan fingerprint density at radius 3 is 2.39 bits per heavy atom. The Balaban J connectivity index is 2.84. The third-order valence-corrected chi connectivity index (χ3v) is 3.01. The van der Waals surface area contributed by atoms with Gasteiger partial charge in [0, 0.05) is 6.54 Å². The van der Waals surface area contributed by atoms with E-state index in [1.807, 2.05) is 6.07 Å². The van der Waals surface area contributed by atoms with Crippen LogP contribution in [0.15, 0.2) is 18.2 Å². The molecule has 18 heavy (non-hydrogen) atoms. The van der Waals surface area contributed by atoms with E-state index in [9.17, 15) is 0 Å². The third-order valence-electron chi connectivity index (χ3n) is 3.01. The molecule has 0 fully saturated rings. The highest BCUT2D eigenvalue weighted by Crippen LogP contribution is 2.29. The molecule has 0 radical (unpaired) electrons. The van der Waals surface area contributed by atoms with E-state index in [-0.39, 0.29) is 6.10 Å². The van der Waals surface area contributed by atoms with Crippen LogP contribution in [0.2, 0.25) is 0 Å². The van der Waals surface area contributed by atoms with Gasteiger partial charge in [0.2, 0.25) is 0 Å². The number of hydrogen-bond acceptors (Lipinski definition) is 3. The van der Waals surface area contributed by atoms with Gasteiger partial charge in [-0.3, -0.25) is 0 Å². The van der Waals surface area contributed by atoms with E-state index in [1.165, 1.54) is 5.56 Å². The van der Waals surface area contributed by atoms with Crippen LogP contribution in [0.4, 0.5) is 0 Å². The molecule has 0 unspecified atom stereocenters. The predicted octanol–water partition coefficient (Wildman–Crippen LogP) is 3.37. The number of hydrogen-bond donors (Lipinski definition) is 1. The van der Waals surface area contributed by atoms with Crippen LogP contribution in [-0.2, 0) is 6.54 Å². The van der Waals surface area contributed by atoms with Gasteiger partial charge < -0.3 is 14.8 Å². The quantitative estimate of drug-likeness (QED) is 0.768. The molecule has 0 aliphatic heterocycles. The molecule has 3 nitrogen and oxygen atoms in total. The summed E-state index contributed by atoms with van der Waals surface area (Å²) in [6.45, 7) is 8.21. The van der Waals surface area contributed by atoms with Crippen LogP contribution in [0.5, 0.6) is 11.5 Å². The van der Waals surface area contributed by atoms with Crippen LogP contribution in [0.3, 0.4) is 0 Å². The highest BCUT2D eigenvalue weighted by molar-refractivity contribution is 5.43. The second-order valence-electron chi connectivity index (χ2n) is 4.32. The molecule has 0 atom stereocenters. The van der Waals surface area contributed by atoms with E-state index in [2.05, 4.69) is 38.2 Å². The maximum atomic E-state index is 6.00. The zero-order valence-electron chi connectivity index (χ0n) is 12.0. The summed E-state index contributed by atoms with van der Waals surface area (Å²) in [6.07, 6.45) is 2.28. The molecule has 1 aromatic carbocycles. The van der Waals surface area contributed by atoms with Gasteiger partial charge in [0.25, 0.3) is 0 Å². The van der Waals surface area contributed by atoms with Gasteiger partial charge in [0.05, 0.1) is 13.2 Å². The number of rotatable bonds is 8. The van der Waals surface area contributed by atoms with Gasteiger partial charge in [-0.2, -0.15) is 0 Å². The van der Waals surface area contributed by atoms with Gasteiger partial charge in [-0.05, 0) is 37.1 Å². The van der Waals surface area contributed by atoms with Crippen molar-refractivity contribution < 1.29 is 9.47 Å². The van der Waals surface area contributed by atoms with Crippen molar-refractivity contribution in [3.8, 4) is 11.5 Å². The molecule has 0 spiro atoms. The topological polar surface area (TPSA) is 30.5 Å². The molecule has 0 saturated carbocycles. The summed E-state index contributed by atoms with van der Waals surface area (Å²) in [7, 11) is 1.68. The summed E-state index contributed by atoms with van der Waals surface area (Å²) < 4.78 is 11.4. The molecule has 0 aliphatic carbocycles. The fourth-order valence-electron chi connectivity index (χ4n) is 1.83. The number of methoxy groups -OCH3 is 1. The second-order valence-corrected chi connectivity index (χ2v) is 4.32. The highest BCUT2D eigenvalue weighted by Gasteiger charge is 2.10. The van der Waals surface area contributed by atoms with Crippen LogP contribution < -0.4 is 14.8 Å². The monoisotopic (exact) mass is 251 g/mol. The summed E-state index contributed by atoms with van der Waals surface area (Å²) in [5, 5.41) is 3.31. The van der Waals surface area contributed by atoms with E-state index in [4.69, 9.17) is 9.47 Å². The molecule has 1 aromatic rings.